The summed E-state index contributed by atoms with van der Waals surface area (Å²) in [7, 11) is 0. The topological polar surface area (TPSA) is 64.0 Å². The summed E-state index contributed by atoms with van der Waals surface area (Å²) in [6.45, 7) is 0.655. The first-order valence-corrected chi connectivity index (χ1v) is 12.6. The first-order valence-electron chi connectivity index (χ1n) is 9.95. The molecule has 0 unspecified atom stereocenters. The van der Waals surface area contributed by atoms with Crippen LogP contribution in [-0.2, 0) is 4.79 Å². The zero-order valence-corrected chi connectivity index (χ0v) is 19.6. The molecular formula is C22H22BrN3O2S2. The lowest BCUT2D eigenvalue weighted by Crippen LogP contribution is -2.27. The first-order chi connectivity index (χ1) is 14.6. The summed E-state index contributed by atoms with van der Waals surface area (Å²) in [6.07, 6.45) is 8.05. The lowest BCUT2D eigenvalue weighted by atomic mass is 9.97. The maximum atomic E-state index is 13.1. The highest BCUT2D eigenvalue weighted by molar-refractivity contribution is 9.10. The van der Waals surface area contributed by atoms with Gasteiger partial charge in [0.1, 0.15) is 4.70 Å². The minimum Gasteiger partial charge on any atom is -0.355 e. The van der Waals surface area contributed by atoms with Gasteiger partial charge in [-0.15, -0.1) is 11.3 Å². The van der Waals surface area contributed by atoms with E-state index in [1.807, 2.05) is 35.7 Å². The van der Waals surface area contributed by atoms with Crippen LogP contribution in [0, 0.1) is 0 Å². The van der Waals surface area contributed by atoms with Crippen LogP contribution in [0.1, 0.15) is 32.1 Å². The molecular weight excluding hydrogens is 482 g/mol. The first kappa shape index (κ1) is 21.3. The van der Waals surface area contributed by atoms with Crippen LogP contribution in [0.25, 0.3) is 15.9 Å². The average molecular weight is 504 g/mol. The molecule has 4 rings (SSSR count). The van der Waals surface area contributed by atoms with Gasteiger partial charge in [-0.1, -0.05) is 39.3 Å². The SMILES string of the molecule is O=C(CSc1nc2ccsc2c(=O)n1-c1ccc(Br)cc1)NCCC1=CCCCC1. The fraction of sp³-hybridized carbons (Fsp3) is 0.318. The summed E-state index contributed by atoms with van der Waals surface area (Å²) in [5, 5.41) is 5.39. The molecule has 1 amide bonds. The largest absolute Gasteiger partial charge is 0.355 e. The maximum absolute atomic E-state index is 13.1. The van der Waals surface area contributed by atoms with Gasteiger partial charge in [0, 0.05) is 11.0 Å². The summed E-state index contributed by atoms with van der Waals surface area (Å²) < 4.78 is 3.15. The number of benzene rings is 1. The number of thiophene rings is 1. The molecule has 0 radical (unpaired) electrons. The van der Waals surface area contributed by atoms with Gasteiger partial charge in [-0.25, -0.2) is 4.98 Å². The second kappa shape index (κ2) is 9.94. The Morgan fingerprint density at radius 1 is 1.23 bits per heavy atom. The third-order valence-electron chi connectivity index (χ3n) is 5.02. The zero-order valence-electron chi connectivity index (χ0n) is 16.4. The normalized spacial score (nSPS) is 14.0. The van der Waals surface area contributed by atoms with Crippen molar-refractivity contribution >= 4 is 55.2 Å². The summed E-state index contributed by atoms with van der Waals surface area (Å²) in [4.78, 5) is 30.1. The maximum Gasteiger partial charge on any atom is 0.276 e. The van der Waals surface area contributed by atoms with E-state index in [0.29, 0.717) is 21.9 Å². The Hall–Kier alpha value is -1.90. The van der Waals surface area contributed by atoms with Gasteiger partial charge in [0.25, 0.3) is 5.56 Å². The third-order valence-corrected chi connectivity index (χ3v) is 7.38. The molecule has 0 spiro atoms. The van der Waals surface area contributed by atoms with Gasteiger partial charge >= 0.3 is 0 Å². The van der Waals surface area contributed by atoms with Crippen LogP contribution in [0.4, 0.5) is 0 Å². The van der Waals surface area contributed by atoms with E-state index in [0.717, 1.165) is 29.4 Å². The van der Waals surface area contributed by atoms with E-state index in [1.54, 1.807) is 4.57 Å². The number of allylic oxidation sites excluding steroid dienone is 1. The summed E-state index contributed by atoms with van der Waals surface area (Å²) in [5.41, 5.74) is 2.75. The Balaban J connectivity index is 1.48. The van der Waals surface area contributed by atoms with E-state index >= 15 is 0 Å². The van der Waals surface area contributed by atoms with E-state index in [9.17, 15) is 9.59 Å². The molecule has 0 fully saturated rings. The minimum absolute atomic E-state index is 0.0431. The fourth-order valence-electron chi connectivity index (χ4n) is 3.48. The van der Waals surface area contributed by atoms with Crippen molar-refractivity contribution < 1.29 is 4.79 Å². The molecule has 5 nitrogen and oxygen atoms in total. The van der Waals surface area contributed by atoms with Crippen LogP contribution in [-0.4, -0.2) is 27.8 Å². The smallest absolute Gasteiger partial charge is 0.276 e. The van der Waals surface area contributed by atoms with Crippen molar-refractivity contribution in [3.05, 3.63) is 62.2 Å². The number of halogens is 1. The number of fused-ring (bicyclic) bond motifs is 1. The standard InChI is InChI=1S/C22H22BrN3O2S2/c23-16-6-8-17(9-7-16)26-21(28)20-18(11-13-29-20)25-22(26)30-14-19(27)24-12-10-15-4-2-1-3-5-15/h4,6-9,11,13H,1-3,5,10,12,14H2,(H,24,27). The van der Waals surface area contributed by atoms with E-state index in [1.165, 1.54) is 41.5 Å². The molecule has 0 aliphatic heterocycles. The van der Waals surface area contributed by atoms with Crippen molar-refractivity contribution in [2.75, 3.05) is 12.3 Å². The lowest BCUT2D eigenvalue weighted by molar-refractivity contribution is -0.118. The zero-order chi connectivity index (χ0) is 20.9. The highest BCUT2D eigenvalue weighted by Crippen LogP contribution is 2.24. The quantitative estimate of drug-likeness (QED) is 0.269. The number of hydrogen-bond donors (Lipinski definition) is 1. The van der Waals surface area contributed by atoms with Crippen LogP contribution >= 0.6 is 39.0 Å². The van der Waals surface area contributed by atoms with Gasteiger partial charge in [-0.3, -0.25) is 14.2 Å². The minimum atomic E-state index is -0.107. The summed E-state index contributed by atoms with van der Waals surface area (Å²) in [5.74, 6) is 0.177. The van der Waals surface area contributed by atoms with Crippen molar-refractivity contribution in [2.24, 2.45) is 0 Å². The Bertz CT molecular complexity index is 1140. The van der Waals surface area contributed by atoms with E-state index in [-0.39, 0.29) is 17.2 Å². The molecule has 1 aliphatic rings. The molecule has 30 heavy (non-hydrogen) atoms. The van der Waals surface area contributed by atoms with Gasteiger partial charge in [-0.2, -0.15) is 0 Å². The number of thioether (sulfide) groups is 1. The number of rotatable bonds is 7. The molecule has 3 aromatic rings. The molecule has 1 N–H and O–H groups in total. The number of aromatic nitrogens is 2. The third kappa shape index (κ3) is 5.04. The van der Waals surface area contributed by atoms with Gasteiger partial charge in [0.2, 0.25) is 5.91 Å². The van der Waals surface area contributed by atoms with Crippen molar-refractivity contribution in [1.82, 2.24) is 14.9 Å². The molecule has 1 aromatic carbocycles. The second-order valence-electron chi connectivity index (χ2n) is 7.14. The molecule has 0 atom stereocenters. The van der Waals surface area contributed by atoms with Crippen LogP contribution in [0.5, 0.6) is 0 Å². The van der Waals surface area contributed by atoms with Crippen molar-refractivity contribution in [1.29, 1.82) is 0 Å². The number of nitrogens with one attached hydrogen (secondary N) is 1. The average Bonchev–Trinajstić information content (AvgIpc) is 3.23. The number of carbonyl (C=O) groups is 1. The van der Waals surface area contributed by atoms with Crippen LogP contribution < -0.4 is 10.9 Å². The van der Waals surface area contributed by atoms with Gasteiger partial charge < -0.3 is 5.32 Å². The van der Waals surface area contributed by atoms with E-state index in [4.69, 9.17) is 0 Å². The monoisotopic (exact) mass is 503 g/mol. The summed E-state index contributed by atoms with van der Waals surface area (Å²) >= 11 is 6.10. The number of amides is 1. The highest BCUT2D eigenvalue weighted by Gasteiger charge is 2.16. The van der Waals surface area contributed by atoms with Crippen LogP contribution in [0.2, 0.25) is 0 Å². The van der Waals surface area contributed by atoms with Gasteiger partial charge in [-0.05, 0) is 67.8 Å². The van der Waals surface area contributed by atoms with E-state index in [2.05, 4.69) is 32.3 Å². The number of hydrogen-bond acceptors (Lipinski definition) is 5. The molecule has 1 aliphatic carbocycles. The highest BCUT2D eigenvalue weighted by atomic mass is 79.9. The van der Waals surface area contributed by atoms with Crippen LogP contribution in [0.3, 0.4) is 0 Å². The molecule has 0 bridgehead atoms. The van der Waals surface area contributed by atoms with Crippen molar-refractivity contribution in [3.8, 4) is 5.69 Å². The van der Waals surface area contributed by atoms with Crippen LogP contribution in [0.15, 0.2) is 61.8 Å². The second-order valence-corrected chi connectivity index (χ2v) is 9.92. The summed E-state index contributed by atoms with van der Waals surface area (Å²) in [6, 6.07) is 9.36. The van der Waals surface area contributed by atoms with Crippen molar-refractivity contribution in [2.45, 2.75) is 37.3 Å². The molecule has 0 saturated heterocycles. The van der Waals surface area contributed by atoms with E-state index < -0.39 is 0 Å². The predicted octanol–water partition coefficient (Wildman–Crippen LogP) is 5.31. The lowest BCUT2D eigenvalue weighted by Gasteiger charge is -2.14. The molecule has 0 saturated carbocycles. The molecule has 2 aromatic heterocycles. The Kier molecular flexibility index (Phi) is 7.07. The Labute approximate surface area is 191 Å². The van der Waals surface area contributed by atoms with Gasteiger partial charge in [0.05, 0.1) is 17.0 Å². The number of nitrogens with zero attached hydrogens (tertiary/aromatic N) is 2. The molecule has 8 heteroatoms. The Morgan fingerprint density at radius 3 is 2.83 bits per heavy atom. The molecule has 2 heterocycles. The molecule has 156 valence electrons. The predicted molar refractivity (Wildman–Crippen MR) is 128 cm³/mol. The fourth-order valence-corrected chi connectivity index (χ4v) is 5.35. The van der Waals surface area contributed by atoms with Crippen molar-refractivity contribution in [3.63, 3.8) is 0 Å². The number of carbonyl (C=O) groups excluding carboxylic acids is 1. The van der Waals surface area contributed by atoms with Gasteiger partial charge in [0.15, 0.2) is 5.16 Å². The Morgan fingerprint density at radius 2 is 2.07 bits per heavy atom.